The molecule has 13 nitrogen and oxygen atoms in total. The van der Waals surface area contributed by atoms with E-state index in [2.05, 4.69) is 25.8 Å². The Bertz CT molecular complexity index is 1370. The molecule has 0 saturated heterocycles. The van der Waals surface area contributed by atoms with Crippen molar-refractivity contribution < 1.29 is 23.1 Å². The molecule has 2 heterocycles. The zero-order chi connectivity index (χ0) is 27.0. The fourth-order valence-corrected chi connectivity index (χ4v) is 5.25. The van der Waals surface area contributed by atoms with Gasteiger partial charge in [0.15, 0.2) is 5.96 Å². The summed E-state index contributed by atoms with van der Waals surface area (Å²) in [7, 11) is -2.24. The van der Waals surface area contributed by atoms with Gasteiger partial charge >= 0.3 is 5.97 Å². The number of carbonyl (C=O) groups excluding carboxylic acids is 1. The fourth-order valence-electron chi connectivity index (χ4n) is 3.32. The average molecular weight is 549 g/mol. The normalized spacial score (nSPS) is 11.9. The molecule has 3 rings (SSSR count). The Kier molecular flexibility index (Phi) is 9.08. The number of sulfonamides is 1. The number of carboxylic acids is 1. The van der Waals surface area contributed by atoms with Crippen LogP contribution < -0.4 is 26.4 Å². The molecule has 3 aromatic rings. The van der Waals surface area contributed by atoms with Crippen LogP contribution in [0.5, 0.6) is 0 Å². The maximum Gasteiger partial charge on any atom is 0.326 e. The predicted octanol–water partition coefficient (Wildman–Crippen LogP) is 1.34. The summed E-state index contributed by atoms with van der Waals surface area (Å²) in [4.78, 5) is 24.4. The lowest BCUT2D eigenvalue weighted by molar-refractivity contribution is -0.139. The lowest BCUT2D eigenvalue weighted by Gasteiger charge is -2.15. The maximum atomic E-state index is 13.1. The van der Waals surface area contributed by atoms with Gasteiger partial charge in [-0.1, -0.05) is 6.07 Å². The van der Waals surface area contributed by atoms with Gasteiger partial charge in [0.25, 0.3) is 15.9 Å². The Morgan fingerprint density at radius 2 is 2.05 bits per heavy atom. The first-order valence-electron chi connectivity index (χ1n) is 11.1. The van der Waals surface area contributed by atoms with Gasteiger partial charge in [-0.2, -0.15) is 5.10 Å². The summed E-state index contributed by atoms with van der Waals surface area (Å²) in [5.74, 6) is -2.18. The molecule has 0 saturated carbocycles. The van der Waals surface area contributed by atoms with Crippen LogP contribution in [0.4, 0.5) is 11.4 Å². The molecule has 1 amide bonds. The largest absolute Gasteiger partial charge is 0.480 e. The predicted molar refractivity (Wildman–Crippen MR) is 140 cm³/mol. The topological polar surface area (TPSA) is 204 Å². The first kappa shape index (κ1) is 27.5. The Balaban J connectivity index is 1.67. The number of rotatable bonds is 13. The number of hydrogen-bond donors (Lipinski definition) is 7. The van der Waals surface area contributed by atoms with Crippen molar-refractivity contribution in [3.63, 3.8) is 0 Å². The molecule has 1 atom stereocenters. The van der Waals surface area contributed by atoms with Gasteiger partial charge in [0.05, 0.1) is 22.8 Å². The molecule has 0 aliphatic heterocycles. The lowest BCUT2D eigenvalue weighted by atomic mass is 10.1. The number of guanidine groups is 1. The Labute approximate surface area is 217 Å². The van der Waals surface area contributed by atoms with E-state index in [1.54, 1.807) is 30.1 Å². The molecule has 2 aromatic heterocycles. The molecule has 15 heteroatoms. The molecule has 0 unspecified atom stereocenters. The quantitative estimate of drug-likeness (QED) is 0.0933. The van der Waals surface area contributed by atoms with Crippen molar-refractivity contribution in [2.75, 3.05) is 16.6 Å². The van der Waals surface area contributed by atoms with Crippen molar-refractivity contribution >= 4 is 50.6 Å². The Hall–Kier alpha value is -4.11. The van der Waals surface area contributed by atoms with E-state index in [1.165, 1.54) is 23.6 Å². The number of benzene rings is 1. The highest BCUT2D eigenvalue weighted by atomic mass is 32.2. The average Bonchev–Trinajstić information content (AvgIpc) is 3.47. The fraction of sp³-hybridized carbons (Fsp3) is 0.273. The van der Waals surface area contributed by atoms with Crippen molar-refractivity contribution in [3.8, 4) is 0 Å². The Morgan fingerprint density at radius 1 is 1.27 bits per heavy atom. The van der Waals surface area contributed by atoms with Crippen molar-refractivity contribution in [2.24, 2.45) is 12.8 Å². The molecule has 0 aliphatic rings. The number of nitrogens with two attached hydrogens (primary N) is 1. The Morgan fingerprint density at radius 3 is 2.73 bits per heavy atom. The molecular formula is C22H28N8O5S2. The van der Waals surface area contributed by atoms with Crippen LogP contribution >= 0.6 is 11.3 Å². The van der Waals surface area contributed by atoms with Crippen molar-refractivity contribution in [2.45, 2.75) is 30.3 Å². The third-order valence-electron chi connectivity index (χ3n) is 5.24. The number of thiophene rings is 1. The van der Waals surface area contributed by atoms with Crippen LogP contribution in [0.25, 0.3) is 0 Å². The van der Waals surface area contributed by atoms with Crippen molar-refractivity contribution in [1.82, 2.24) is 20.4 Å². The molecular weight excluding hydrogens is 520 g/mol. The third-order valence-corrected chi connectivity index (χ3v) is 7.52. The number of carboxylic acid groups (broad SMARTS) is 1. The van der Waals surface area contributed by atoms with E-state index in [-0.39, 0.29) is 34.4 Å². The van der Waals surface area contributed by atoms with E-state index in [0.29, 0.717) is 18.7 Å². The van der Waals surface area contributed by atoms with E-state index < -0.39 is 27.9 Å². The molecule has 37 heavy (non-hydrogen) atoms. The van der Waals surface area contributed by atoms with Gasteiger partial charge in [-0.25, -0.2) is 13.2 Å². The van der Waals surface area contributed by atoms with E-state index >= 15 is 0 Å². The lowest BCUT2D eigenvalue weighted by Crippen LogP contribution is -2.41. The first-order chi connectivity index (χ1) is 17.6. The molecule has 1 aromatic carbocycles. The van der Waals surface area contributed by atoms with E-state index in [9.17, 15) is 23.1 Å². The van der Waals surface area contributed by atoms with Gasteiger partial charge < -0.3 is 26.8 Å². The zero-order valence-corrected chi connectivity index (χ0v) is 21.5. The zero-order valence-electron chi connectivity index (χ0n) is 19.9. The van der Waals surface area contributed by atoms with Gasteiger partial charge in [0.2, 0.25) is 0 Å². The number of aryl methyl sites for hydroxylation is 1. The summed E-state index contributed by atoms with van der Waals surface area (Å²) in [6.07, 6.45) is 2.10. The van der Waals surface area contributed by atoms with E-state index in [4.69, 9.17) is 11.1 Å². The molecule has 0 aliphatic carbocycles. The minimum atomic E-state index is -4.05. The van der Waals surface area contributed by atoms with Gasteiger partial charge in [-0.05, 0) is 48.6 Å². The van der Waals surface area contributed by atoms with Gasteiger partial charge in [0, 0.05) is 25.5 Å². The number of hydrogen-bond acceptors (Lipinski definition) is 8. The minimum Gasteiger partial charge on any atom is -0.480 e. The molecule has 0 radical (unpaired) electrons. The van der Waals surface area contributed by atoms with E-state index in [1.807, 2.05) is 6.07 Å². The van der Waals surface area contributed by atoms with Crippen LogP contribution in [-0.2, 0) is 28.4 Å². The number of anilines is 2. The van der Waals surface area contributed by atoms with Crippen LogP contribution in [-0.4, -0.2) is 53.7 Å². The number of amides is 1. The smallest absolute Gasteiger partial charge is 0.326 e. The highest BCUT2D eigenvalue weighted by molar-refractivity contribution is 7.92. The molecule has 8 N–H and O–H groups in total. The van der Waals surface area contributed by atoms with Crippen molar-refractivity contribution in [1.29, 1.82) is 5.41 Å². The van der Waals surface area contributed by atoms with Crippen LogP contribution in [0.15, 0.2) is 52.9 Å². The van der Waals surface area contributed by atoms with Gasteiger partial charge in [-0.15, -0.1) is 11.3 Å². The number of aliphatic carboxylic acids is 1. The summed E-state index contributed by atoms with van der Waals surface area (Å²) in [5, 5.41) is 30.3. The molecule has 0 bridgehead atoms. The van der Waals surface area contributed by atoms with Gasteiger partial charge in [0.1, 0.15) is 10.9 Å². The van der Waals surface area contributed by atoms with Crippen molar-refractivity contribution in [3.05, 3.63) is 58.5 Å². The summed E-state index contributed by atoms with van der Waals surface area (Å²) >= 11 is 0.981. The molecule has 198 valence electrons. The third kappa shape index (κ3) is 7.68. The second-order valence-corrected chi connectivity index (χ2v) is 10.5. The van der Waals surface area contributed by atoms with Crippen LogP contribution in [0.3, 0.4) is 0 Å². The van der Waals surface area contributed by atoms with Crippen LogP contribution in [0, 0.1) is 5.41 Å². The van der Waals surface area contributed by atoms with Crippen LogP contribution in [0.1, 0.15) is 28.2 Å². The number of nitrogens with one attached hydrogen (secondary N) is 5. The summed E-state index contributed by atoms with van der Waals surface area (Å²) in [5.41, 5.74) is 6.73. The molecule has 0 spiro atoms. The summed E-state index contributed by atoms with van der Waals surface area (Å²) in [6.45, 7) is 0.715. The maximum absolute atomic E-state index is 13.1. The second-order valence-electron chi connectivity index (χ2n) is 7.94. The number of aromatic nitrogens is 2. The van der Waals surface area contributed by atoms with Crippen LogP contribution in [0.2, 0.25) is 0 Å². The summed E-state index contributed by atoms with van der Waals surface area (Å²) < 4.78 is 30.3. The standard InChI is InChI=1S/C22H28N8O5S2/c1-30-15(7-10-27-30)13-26-14-4-2-5-16(12-14)37(34,35)29-17-8-11-36-19(17)20(31)28-18(21(32)33)6-3-9-25-22(23)24/h2,4-5,7-8,10-12,18,26,29H,3,6,9,13H2,1H3,(H,28,31)(H,32,33)(H4,23,24,25)/t18-/m0/s1. The number of nitrogens with zero attached hydrogens (tertiary/aromatic N) is 2. The summed E-state index contributed by atoms with van der Waals surface area (Å²) in [6, 6.07) is 8.32. The first-order valence-corrected chi connectivity index (χ1v) is 13.5. The number of carbonyl (C=O) groups is 2. The van der Waals surface area contributed by atoms with Gasteiger partial charge in [-0.3, -0.25) is 19.6 Å². The monoisotopic (exact) mass is 548 g/mol. The second kappa shape index (κ2) is 12.2. The SMILES string of the molecule is Cn1nccc1CNc1cccc(S(=O)(=O)Nc2ccsc2C(=O)N[C@@H](CCCNC(=N)N)C(=O)O)c1. The van der Waals surface area contributed by atoms with E-state index in [0.717, 1.165) is 17.0 Å². The minimum absolute atomic E-state index is 0.0125. The highest BCUT2D eigenvalue weighted by Gasteiger charge is 2.25. The molecule has 0 fully saturated rings. The highest BCUT2D eigenvalue weighted by Crippen LogP contribution is 2.26.